The summed E-state index contributed by atoms with van der Waals surface area (Å²) in [7, 11) is 0. The lowest BCUT2D eigenvalue weighted by atomic mass is 10.1. The van der Waals surface area contributed by atoms with Crippen LogP contribution in [0.4, 0.5) is 5.69 Å². The molecule has 0 spiro atoms. The zero-order valence-corrected chi connectivity index (χ0v) is 12.7. The molecule has 0 saturated carbocycles. The summed E-state index contributed by atoms with van der Waals surface area (Å²) in [5, 5.41) is 6.87. The monoisotopic (exact) mass is 335 g/mol. The zero-order chi connectivity index (χ0) is 14.7. The van der Waals surface area contributed by atoms with Crippen LogP contribution in [0, 0.1) is 0 Å². The van der Waals surface area contributed by atoms with Gasteiger partial charge in [-0.2, -0.15) is 5.10 Å². The molecule has 0 saturated heterocycles. The minimum Gasteiger partial charge on any atom is -0.324 e. The van der Waals surface area contributed by atoms with Crippen LogP contribution in [0.1, 0.15) is 30.2 Å². The van der Waals surface area contributed by atoms with Crippen molar-refractivity contribution in [3.05, 3.63) is 46.7 Å². The standard InChI is InChI=1S/C14H14BrN3O2/c1-9(18-8-12(15)7-16-18)14(20)17-13-5-3-11(4-6-13)10(2)19/h3-9H,1-2H3,(H,17,20). The fourth-order valence-electron chi connectivity index (χ4n) is 1.68. The van der Waals surface area contributed by atoms with Crippen LogP contribution in [0.25, 0.3) is 0 Å². The average Bonchev–Trinajstić information content (AvgIpc) is 2.85. The molecule has 1 unspecified atom stereocenters. The number of hydrogen-bond donors (Lipinski definition) is 1. The van der Waals surface area contributed by atoms with Crippen molar-refractivity contribution in [2.45, 2.75) is 19.9 Å². The number of nitrogens with zero attached hydrogens (tertiary/aromatic N) is 2. The van der Waals surface area contributed by atoms with Gasteiger partial charge < -0.3 is 5.32 Å². The van der Waals surface area contributed by atoms with Crippen molar-refractivity contribution in [2.24, 2.45) is 0 Å². The molecule has 1 atom stereocenters. The van der Waals surface area contributed by atoms with Crippen LogP contribution in [0.3, 0.4) is 0 Å². The van der Waals surface area contributed by atoms with Crippen molar-refractivity contribution in [3.63, 3.8) is 0 Å². The summed E-state index contributed by atoms with van der Waals surface area (Å²) in [6.45, 7) is 3.27. The Morgan fingerprint density at radius 1 is 1.30 bits per heavy atom. The molecule has 104 valence electrons. The molecule has 2 aromatic rings. The van der Waals surface area contributed by atoms with E-state index < -0.39 is 6.04 Å². The predicted molar refractivity (Wildman–Crippen MR) is 79.7 cm³/mol. The van der Waals surface area contributed by atoms with Gasteiger partial charge in [-0.3, -0.25) is 14.3 Å². The average molecular weight is 336 g/mol. The van der Waals surface area contributed by atoms with Gasteiger partial charge in [0.2, 0.25) is 5.91 Å². The highest BCUT2D eigenvalue weighted by molar-refractivity contribution is 9.10. The van der Waals surface area contributed by atoms with Crippen molar-refractivity contribution >= 4 is 33.3 Å². The Morgan fingerprint density at radius 3 is 2.45 bits per heavy atom. The van der Waals surface area contributed by atoms with E-state index >= 15 is 0 Å². The van der Waals surface area contributed by atoms with Gasteiger partial charge in [0, 0.05) is 17.4 Å². The number of benzene rings is 1. The molecule has 20 heavy (non-hydrogen) atoms. The summed E-state index contributed by atoms with van der Waals surface area (Å²) in [5.41, 5.74) is 1.27. The molecule has 0 radical (unpaired) electrons. The molecule has 0 aliphatic carbocycles. The van der Waals surface area contributed by atoms with Crippen LogP contribution in [0.5, 0.6) is 0 Å². The summed E-state index contributed by atoms with van der Waals surface area (Å²) < 4.78 is 2.39. The summed E-state index contributed by atoms with van der Waals surface area (Å²) in [6.07, 6.45) is 3.37. The van der Waals surface area contributed by atoms with Crippen molar-refractivity contribution in [3.8, 4) is 0 Å². The fourth-order valence-corrected chi connectivity index (χ4v) is 1.98. The van der Waals surface area contributed by atoms with Gasteiger partial charge in [-0.15, -0.1) is 0 Å². The second-order valence-corrected chi connectivity index (χ2v) is 5.35. The van der Waals surface area contributed by atoms with E-state index in [9.17, 15) is 9.59 Å². The van der Waals surface area contributed by atoms with Crippen LogP contribution < -0.4 is 5.32 Å². The van der Waals surface area contributed by atoms with Gasteiger partial charge >= 0.3 is 0 Å². The van der Waals surface area contributed by atoms with Crippen molar-refractivity contribution in [2.75, 3.05) is 5.32 Å². The maximum Gasteiger partial charge on any atom is 0.248 e. The maximum absolute atomic E-state index is 12.1. The molecule has 1 heterocycles. The highest BCUT2D eigenvalue weighted by atomic mass is 79.9. The molecule has 0 aliphatic heterocycles. The number of aromatic nitrogens is 2. The van der Waals surface area contributed by atoms with Gasteiger partial charge in [0.25, 0.3) is 0 Å². The minimum absolute atomic E-state index is 0.00219. The predicted octanol–water partition coefficient (Wildman–Crippen LogP) is 3.05. The molecule has 5 nitrogen and oxygen atoms in total. The number of ketones is 1. The summed E-state index contributed by atoms with van der Waals surface area (Å²) in [6, 6.07) is 6.37. The lowest BCUT2D eigenvalue weighted by Gasteiger charge is -2.12. The maximum atomic E-state index is 12.1. The fraction of sp³-hybridized carbons (Fsp3) is 0.214. The summed E-state index contributed by atoms with van der Waals surface area (Å²) in [5.74, 6) is -0.172. The van der Waals surface area contributed by atoms with Crippen molar-refractivity contribution < 1.29 is 9.59 Å². The van der Waals surface area contributed by atoms with Crippen molar-refractivity contribution in [1.29, 1.82) is 0 Å². The number of anilines is 1. The number of rotatable bonds is 4. The minimum atomic E-state index is -0.422. The number of nitrogens with one attached hydrogen (secondary N) is 1. The van der Waals surface area contributed by atoms with Gasteiger partial charge in [-0.25, -0.2) is 0 Å². The van der Waals surface area contributed by atoms with Gasteiger partial charge in [0.15, 0.2) is 5.78 Å². The first kappa shape index (κ1) is 14.5. The third kappa shape index (κ3) is 3.33. The number of halogens is 1. The Morgan fingerprint density at radius 2 is 1.95 bits per heavy atom. The summed E-state index contributed by atoms with van der Waals surface area (Å²) >= 11 is 3.29. The lowest BCUT2D eigenvalue weighted by Crippen LogP contribution is -2.24. The van der Waals surface area contributed by atoms with E-state index in [0.717, 1.165) is 4.47 Å². The molecule has 1 N–H and O–H groups in total. The first-order valence-corrected chi connectivity index (χ1v) is 6.88. The topological polar surface area (TPSA) is 64.0 Å². The summed E-state index contributed by atoms with van der Waals surface area (Å²) in [4.78, 5) is 23.3. The molecule has 6 heteroatoms. The van der Waals surface area contributed by atoms with Crippen LogP contribution in [0.2, 0.25) is 0 Å². The first-order valence-electron chi connectivity index (χ1n) is 6.09. The highest BCUT2D eigenvalue weighted by Gasteiger charge is 2.15. The smallest absolute Gasteiger partial charge is 0.248 e. The molecule has 0 fully saturated rings. The van der Waals surface area contributed by atoms with E-state index in [1.54, 1.807) is 48.3 Å². The number of carbonyl (C=O) groups is 2. The van der Waals surface area contributed by atoms with Crippen LogP contribution in [0.15, 0.2) is 41.1 Å². The van der Waals surface area contributed by atoms with Crippen LogP contribution >= 0.6 is 15.9 Å². The number of carbonyl (C=O) groups excluding carboxylic acids is 2. The van der Waals surface area contributed by atoms with Gasteiger partial charge in [-0.1, -0.05) is 0 Å². The molecule has 2 rings (SSSR count). The number of amides is 1. The largest absolute Gasteiger partial charge is 0.324 e. The zero-order valence-electron chi connectivity index (χ0n) is 11.1. The van der Waals surface area contributed by atoms with Crippen molar-refractivity contribution in [1.82, 2.24) is 9.78 Å². The van der Waals surface area contributed by atoms with Crippen LogP contribution in [-0.4, -0.2) is 21.5 Å². The van der Waals surface area contributed by atoms with Gasteiger partial charge in [0.1, 0.15) is 6.04 Å². The molecular weight excluding hydrogens is 322 g/mol. The Labute approximate surface area is 125 Å². The van der Waals surface area contributed by atoms with Gasteiger partial charge in [-0.05, 0) is 54.0 Å². The van der Waals surface area contributed by atoms with E-state index in [4.69, 9.17) is 0 Å². The SMILES string of the molecule is CC(=O)c1ccc(NC(=O)C(C)n2cc(Br)cn2)cc1. The number of Topliss-reactive ketones (excluding diaryl/α,β-unsaturated/α-hetero) is 1. The quantitative estimate of drug-likeness (QED) is 0.873. The number of hydrogen-bond acceptors (Lipinski definition) is 3. The van der Waals surface area contributed by atoms with E-state index in [1.165, 1.54) is 6.92 Å². The normalized spacial score (nSPS) is 11.9. The molecule has 1 aromatic carbocycles. The third-order valence-electron chi connectivity index (χ3n) is 2.91. The third-order valence-corrected chi connectivity index (χ3v) is 3.31. The Balaban J connectivity index is 2.05. The lowest BCUT2D eigenvalue weighted by molar-refractivity contribution is -0.119. The second kappa shape index (κ2) is 6.00. The Hall–Kier alpha value is -1.95. The molecule has 0 aliphatic rings. The van der Waals surface area contributed by atoms with E-state index in [-0.39, 0.29) is 11.7 Å². The van der Waals surface area contributed by atoms with E-state index in [2.05, 4.69) is 26.3 Å². The second-order valence-electron chi connectivity index (χ2n) is 4.44. The van der Waals surface area contributed by atoms with Crippen LogP contribution in [-0.2, 0) is 4.79 Å². The molecule has 0 bridgehead atoms. The Bertz CT molecular complexity index is 634. The highest BCUT2D eigenvalue weighted by Crippen LogP contribution is 2.15. The molecule has 1 aromatic heterocycles. The first-order chi connectivity index (χ1) is 9.47. The Kier molecular flexibility index (Phi) is 4.34. The van der Waals surface area contributed by atoms with Gasteiger partial charge in [0.05, 0.1) is 10.7 Å². The van der Waals surface area contributed by atoms with E-state index in [0.29, 0.717) is 11.3 Å². The van der Waals surface area contributed by atoms with E-state index in [1.807, 2.05) is 0 Å². The molecule has 1 amide bonds. The molecular formula is C14H14BrN3O2.